The Morgan fingerprint density at radius 1 is 0.548 bits per heavy atom. The van der Waals surface area contributed by atoms with Gasteiger partial charge in [-0.25, -0.2) is 0 Å². The summed E-state index contributed by atoms with van der Waals surface area (Å²) in [5.74, 6) is 2.40. The summed E-state index contributed by atoms with van der Waals surface area (Å²) in [5, 5.41) is 10.3. The van der Waals surface area contributed by atoms with Gasteiger partial charge in [0, 0.05) is 28.5 Å². The molecule has 0 saturated carbocycles. The van der Waals surface area contributed by atoms with Gasteiger partial charge in [0.25, 0.3) is 0 Å². The maximum Gasteiger partial charge on any atom is 0.0946 e. The number of fused-ring (bicyclic) bond motifs is 3. The van der Waals surface area contributed by atoms with Gasteiger partial charge < -0.3 is 5.32 Å². The molecule has 0 atom stereocenters. The minimum absolute atomic E-state index is 0.572. The molecule has 1 aliphatic rings. The molecule has 2 nitrogen and oxygen atoms in total. The Labute approximate surface area is 250 Å². The highest BCUT2D eigenvalue weighted by Gasteiger charge is 2.19. The molecule has 6 aromatic rings. The average molecular weight is 577 g/mol. The third-order valence-corrected chi connectivity index (χ3v) is 12.2. The summed E-state index contributed by atoms with van der Waals surface area (Å²) in [4.78, 5) is 5.31. The molecular weight excluding hydrogens is 546 g/mol. The Balaban J connectivity index is 1.26. The van der Waals surface area contributed by atoms with Crippen LogP contribution in [0.2, 0.25) is 0 Å². The zero-order chi connectivity index (χ0) is 28.1. The predicted molar refractivity (Wildman–Crippen MR) is 184 cm³/mol. The average Bonchev–Trinajstić information content (AvgIpc) is 3.07. The van der Waals surface area contributed by atoms with E-state index in [4.69, 9.17) is 4.98 Å². The van der Waals surface area contributed by atoms with Crippen molar-refractivity contribution in [2.24, 2.45) is 0 Å². The summed E-state index contributed by atoms with van der Waals surface area (Å²) in [7, 11) is -1.24. The number of nitrogens with zero attached hydrogens (tertiary/aromatic N) is 1. The maximum atomic E-state index is 5.31. The van der Waals surface area contributed by atoms with Crippen molar-refractivity contribution in [2.75, 3.05) is 5.32 Å². The number of aromatic nitrogens is 1. The van der Waals surface area contributed by atoms with Gasteiger partial charge in [-0.3, -0.25) is 4.98 Å². The molecule has 0 bridgehead atoms. The molecular formula is C38H30N2P2. The van der Waals surface area contributed by atoms with Crippen LogP contribution in [0.3, 0.4) is 0 Å². The van der Waals surface area contributed by atoms with Crippen molar-refractivity contribution in [3.63, 3.8) is 0 Å². The van der Waals surface area contributed by atoms with Crippen LogP contribution in [-0.4, -0.2) is 4.98 Å². The van der Waals surface area contributed by atoms with Crippen LogP contribution < -0.4 is 26.5 Å². The minimum Gasteiger partial charge on any atom is -0.353 e. The van der Waals surface area contributed by atoms with E-state index in [-0.39, 0.29) is 0 Å². The predicted octanol–water partition coefficient (Wildman–Crippen LogP) is 8.28. The van der Waals surface area contributed by atoms with E-state index in [1.165, 1.54) is 26.8 Å². The van der Waals surface area contributed by atoms with Crippen molar-refractivity contribution in [3.05, 3.63) is 174 Å². The SMILES string of the molecule is C1=Cc2ccc3ccc(CP(c4ccccc4)c4ccccc4)nc3c2N/C1=C\P(c1ccccc1)c1ccccc1. The van der Waals surface area contributed by atoms with Gasteiger partial charge in [0.2, 0.25) is 0 Å². The molecule has 5 aromatic carbocycles. The second-order valence-electron chi connectivity index (χ2n) is 10.2. The second kappa shape index (κ2) is 12.3. The lowest BCUT2D eigenvalue weighted by molar-refractivity contribution is 1.21. The molecule has 0 radical (unpaired) electrons. The summed E-state index contributed by atoms with van der Waals surface area (Å²) in [6, 6.07) is 52.2. The molecule has 1 aromatic heterocycles. The second-order valence-corrected chi connectivity index (χ2v) is 14.5. The van der Waals surface area contributed by atoms with Gasteiger partial charge >= 0.3 is 0 Å². The van der Waals surface area contributed by atoms with E-state index in [1.54, 1.807) is 0 Å². The topological polar surface area (TPSA) is 24.9 Å². The highest BCUT2D eigenvalue weighted by atomic mass is 31.1. The van der Waals surface area contributed by atoms with E-state index in [0.717, 1.165) is 34.1 Å². The molecule has 0 saturated heterocycles. The number of hydrogen-bond acceptors (Lipinski definition) is 2. The number of allylic oxidation sites excluding steroid dienone is 1. The van der Waals surface area contributed by atoms with E-state index in [1.807, 2.05) is 0 Å². The van der Waals surface area contributed by atoms with Crippen LogP contribution in [0.15, 0.2) is 163 Å². The van der Waals surface area contributed by atoms with Crippen LogP contribution in [-0.2, 0) is 6.16 Å². The number of pyridine rings is 1. The van der Waals surface area contributed by atoms with Crippen molar-refractivity contribution in [2.45, 2.75) is 6.16 Å². The van der Waals surface area contributed by atoms with Gasteiger partial charge in [0.1, 0.15) is 0 Å². The standard InChI is InChI=1S/C38H30N2P2/c1-5-13-33(14-6-1)41(34-15-7-2-8-16-34)27-31-25-23-29-21-22-30-24-26-32(40-38(30)37(29)39-31)28-42(35-17-9-3-10-18-35)36-19-11-4-12-20-36/h1-27,39H,28H2/b31-27-. The fourth-order valence-electron chi connectivity index (χ4n) is 5.37. The number of hydrogen-bond donors (Lipinski definition) is 1. The Bertz CT molecular complexity index is 1790. The van der Waals surface area contributed by atoms with E-state index in [9.17, 15) is 0 Å². The van der Waals surface area contributed by atoms with E-state index in [2.05, 4.69) is 169 Å². The number of nitrogens with one attached hydrogen (secondary N) is 1. The normalized spacial score (nSPS) is 13.4. The van der Waals surface area contributed by atoms with Gasteiger partial charge in [0.15, 0.2) is 0 Å². The van der Waals surface area contributed by atoms with Crippen LogP contribution >= 0.6 is 15.8 Å². The number of anilines is 1. The quantitative estimate of drug-likeness (QED) is 0.194. The molecule has 7 rings (SSSR count). The Morgan fingerprint density at radius 2 is 1.07 bits per heavy atom. The lowest BCUT2D eigenvalue weighted by atomic mass is 10.0. The molecule has 2 heterocycles. The zero-order valence-corrected chi connectivity index (χ0v) is 24.9. The first-order valence-corrected chi connectivity index (χ1v) is 17.1. The van der Waals surface area contributed by atoms with Crippen LogP contribution in [0.25, 0.3) is 17.0 Å². The van der Waals surface area contributed by atoms with E-state index >= 15 is 0 Å². The first kappa shape index (κ1) is 26.5. The monoisotopic (exact) mass is 576 g/mol. The molecule has 1 aliphatic heterocycles. The molecule has 0 amide bonds. The van der Waals surface area contributed by atoms with Gasteiger partial charge in [-0.05, 0) is 55.0 Å². The minimum atomic E-state index is -0.669. The summed E-state index contributed by atoms with van der Waals surface area (Å²) >= 11 is 0. The fourth-order valence-corrected chi connectivity index (χ4v) is 9.61. The van der Waals surface area contributed by atoms with Gasteiger partial charge in [-0.15, -0.1) is 0 Å². The largest absolute Gasteiger partial charge is 0.353 e. The fraction of sp³-hybridized carbons (Fsp3) is 0.0263. The van der Waals surface area contributed by atoms with E-state index in [0.29, 0.717) is 0 Å². The van der Waals surface area contributed by atoms with Gasteiger partial charge in [0.05, 0.1) is 11.2 Å². The third-order valence-electron chi connectivity index (χ3n) is 7.46. The van der Waals surface area contributed by atoms with Crippen molar-refractivity contribution in [1.29, 1.82) is 0 Å². The van der Waals surface area contributed by atoms with E-state index < -0.39 is 15.8 Å². The molecule has 0 spiro atoms. The van der Waals surface area contributed by atoms with Crippen molar-refractivity contribution in [1.82, 2.24) is 4.98 Å². The molecule has 0 aliphatic carbocycles. The van der Waals surface area contributed by atoms with Gasteiger partial charge in [-0.2, -0.15) is 0 Å². The van der Waals surface area contributed by atoms with Gasteiger partial charge in [-0.1, -0.05) is 146 Å². The summed E-state index contributed by atoms with van der Waals surface area (Å²) in [6.07, 6.45) is 5.31. The molecule has 1 N–H and O–H groups in total. The van der Waals surface area contributed by atoms with Crippen molar-refractivity contribution < 1.29 is 0 Å². The smallest absolute Gasteiger partial charge is 0.0946 e. The maximum absolute atomic E-state index is 5.31. The lowest BCUT2D eigenvalue weighted by Gasteiger charge is -2.22. The van der Waals surface area contributed by atoms with Crippen molar-refractivity contribution in [3.8, 4) is 0 Å². The first-order chi connectivity index (χ1) is 20.8. The van der Waals surface area contributed by atoms with Crippen LogP contribution in [0.5, 0.6) is 0 Å². The lowest BCUT2D eigenvalue weighted by Crippen LogP contribution is -2.13. The van der Waals surface area contributed by atoms with Crippen LogP contribution in [0.4, 0.5) is 5.69 Å². The third kappa shape index (κ3) is 5.70. The van der Waals surface area contributed by atoms with Crippen LogP contribution in [0.1, 0.15) is 11.3 Å². The summed E-state index contributed by atoms with van der Waals surface area (Å²) < 4.78 is 0. The highest BCUT2D eigenvalue weighted by molar-refractivity contribution is 7.75. The Kier molecular flexibility index (Phi) is 7.75. The Morgan fingerprint density at radius 3 is 1.64 bits per heavy atom. The molecule has 4 heteroatoms. The molecule has 42 heavy (non-hydrogen) atoms. The molecule has 0 unspecified atom stereocenters. The summed E-state index contributed by atoms with van der Waals surface area (Å²) in [5.41, 5.74) is 5.51. The first-order valence-electron chi connectivity index (χ1n) is 14.2. The molecule has 0 fully saturated rings. The molecule has 202 valence electrons. The zero-order valence-electron chi connectivity index (χ0n) is 23.1. The van der Waals surface area contributed by atoms with Crippen molar-refractivity contribution >= 4 is 59.7 Å². The summed E-state index contributed by atoms with van der Waals surface area (Å²) in [6.45, 7) is 0. The Hall–Kier alpha value is -4.35. The van der Waals surface area contributed by atoms with Crippen LogP contribution in [0, 0.1) is 0 Å². The highest BCUT2D eigenvalue weighted by Crippen LogP contribution is 2.41. The number of rotatable bonds is 7. The number of benzene rings is 5.